The minimum atomic E-state index is -0.932. The number of pyridine rings is 1. The highest BCUT2D eigenvalue weighted by molar-refractivity contribution is 5.92. The molecular formula is C17H18FN5O2. The van der Waals surface area contributed by atoms with Gasteiger partial charge < -0.3 is 9.84 Å². The van der Waals surface area contributed by atoms with E-state index >= 15 is 0 Å². The van der Waals surface area contributed by atoms with E-state index in [9.17, 15) is 9.18 Å². The first kappa shape index (κ1) is 17.0. The molecule has 0 bridgehead atoms. The second kappa shape index (κ2) is 7.40. The molecule has 1 aliphatic heterocycles. The van der Waals surface area contributed by atoms with Crippen LogP contribution < -0.4 is 5.32 Å². The molecule has 1 aliphatic rings. The zero-order chi connectivity index (χ0) is 17.8. The van der Waals surface area contributed by atoms with Crippen molar-refractivity contribution in [3.05, 3.63) is 47.1 Å². The third-order valence-corrected chi connectivity index (χ3v) is 4.14. The number of nitriles is 1. The number of hydrogen-bond acceptors (Lipinski definition) is 6. The number of aromatic nitrogens is 2. The summed E-state index contributed by atoms with van der Waals surface area (Å²) < 4.78 is 19.0. The summed E-state index contributed by atoms with van der Waals surface area (Å²) in [5, 5.41) is 15.4. The Morgan fingerprint density at radius 2 is 2.40 bits per heavy atom. The van der Waals surface area contributed by atoms with Crippen LogP contribution in [0, 0.1) is 18.3 Å². The summed E-state index contributed by atoms with van der Waals surface area (Å²) >= 11 is 0. The number of hydrogen-bond donors (Lipinski definition) is 1. The highest BCUT2D eigenvalue weighted by Gasteiger charge is 2.33. The maximum Gasteiger partial charge on any atom is 0.269 e. The fourth-order valence-electron chi connectivity index (χ4n) is 2.91. The van der Waals surface area contributed by atoms with Gasteiger partial charge in [0.1, 0.15) is 17.9 Å². The number of likely N-dealkylation sites (tertiary alicyclic amines) is 1. The Balaban J connectivity index is 1.58. The number of alkyl halides is 1. The van der Waals surface area contributed by atoms with Gasteiger partial charge in [-0.3, -0.25) is 9.69 Å². The molecule has 2 aromatic rings. The smallest absolute Gasteiger partial charge is 0.269 e. The van der Waals surface area contributed by atoms with E-state index < -0.39 is 6.17 Å². The van der Waals surface area contributed by atoms with Gasteiger partial charge in [0.15, 0.2) is 5.76 Å². The molecule has 0 aliphatic carbocycles. The molecule has 3 heterocycles. The largest absolute Gasteiger partial charge is 0.360 e. The summed E-state index contributed by atoms with van der Waals surface area (Å²) in [5.41, 5.74) is 1.40. The number of carbonyl (C=O) groups is 1. The molecule has 0 saturated carbocycles. The summed E-state index contributed by atoms with van der Waals surface area (Å²) in [7, 11) is 0. The molecule has 25 heavy (non-hydrogen) atoms. The van der Waals surface area contributed by atoms with Crippen molar-refractivity contribution in [2.45, 2.75) is 32.1 Å². The van der Waals surface area contributed by atoms with Crippen LogP contribution in [0.3, 0.4) is 0 Å². The molecular weight excluding hydrogens is 325 g/mol. The average molecular weight is 343 g/mol. The van der Waals surface area contributed by atoms with Crippen LogP contribution in [0.5, 0.6) is 0 Å². The van der Waals surface area contributed by atoms with E-state index in [4.69, 9.17) is 9.78 Å². The predicted octanol–water partition coefficient (Wildman–Crippen LogP) is 1.59. The molecule has 130 valence electrons. The number of aryl methyl sites for hydroxylation is 1. The van der Waals surface area contributed by atoms with E-state index in [1.54, 1.807) is 0 Å². The Hall–Kier alpha value is -2.79. The third-order valence-electron chi connectivity index (χ3n) is 4.14. The fourth-order valence-corrected chi connectivity index (χ4v) is 2.91. The Morgan fingerprint density at radius 1 is 1.56 bits per heavy atom. The van der Waals surface area contributed by atoms with Gasteiger partial charge in [0.25, 0.3) is 5.91 Å². The molecule has 3 rings (SSSR count). The van der Waals surface area contributed by atoms with Crippen molar-refractivity contribution in [1.82, 2.24) is 20.4 Å². The van der Waals surface area contributed by atoms with Gasteiger partial charge in [0, 0.05) is 31.4 Å². The van der Waals surface area contributed by atoms with Crippen molar-refractivity contribution < 1.29 is 13.7 Å². The van der Waals surface area contributed by atoms with E-state index in [1.165, 1.54) is 18.3 Å². The number of nitrogens with one attached hydrogen (secondary N) is 1. The summed E-state index contributed by atoms with van der Waals surface area (Å²) in [6.45, 7) is 2.90. The van der Waals surface area contributed by atoms with E-state index in [2.05, 4.69) is 15.5 Å². The van der Waals surface area contributed by atoms with Crippen LogP contribution in [-0.2, 0) is 6.54 Å². The molecule has 0 spiro atoms. The topological polar surface area (TPSA) is 95.1 Å². The first-order valence-electron chi connectivity index (χ1n) is 8.00. The molecule has 1 N–H and O–H groups in total. The van der Waals surface area contributed by atoms with Crippen molar-refractivity contribution >= 4 is 5.91 Å². The number of rotatable bonds is 5. The molecule has 0 radical (unpaired) electrons. The molecule has 1 fully saturated rings. The minimum absolute atomic E-state index is 0.122. The van der Waals surface area contributed by atoms with E-state index in [0.29, 0.717) is 37.4 Å². The lowest BCUT2D eigenvalue weighted by molar-refractivity contribution is 0.0933. The van der Waals surface area contributed by atoms with Gasteiger partial charge in [-0.2, -0.15) is 5.26 Å². The van der Waals surface area contributed by atoms with E-state index in [-0.39, 0.29) is 17.6 Å². The van der Waals surface area contributed by atoms with Crippen LogP contribution in [-0.4, -0.2) is 46.3 Å². The van der Waals surface area contributed by atoms with E-state index in [0.717, 1.165) is 5.69 Å². The average Bonchev–Trinajstić information content (AvgIpc) is 3.18. The lowest BCUT2D eigenvalue weighted by atomic mass is 10.2. The molecule has 7 nitrogen and oxygen atoms in total. The van der Waals surface area contributed by atoms with Crippen LogP contribution in [0.15, 0.2) is 28.9 Å². The van der Waals surface area contributed by atoms with Gasteiger partial charge in [0.2, 0.25) is 0 Å². The highest BCUT2D eigenvalue weighted by Crippen LogP contribution is 2.22. The van der Waals surface area contributed by atoms with Gasteiger partial charge in [-0.25, -0.2) is 9.37 Å². The highest BCUT2D eigenvalue weighted by atomic mass is 19.1. The summed E-state index contributed by atoms with van der Waals surface area (Å²) in [6.07, 6.45) is 0.772. The van der Waals surface area contributed by atoms with Crippen molar-refractivity contribution in [2.24, 2.45) is 0 Å². The lowest BCUT2D eigenvalue weighted by Crippen LogP contribution is -2.40. The fraction of sp³-hybridized carbons (Fsp3) is 0.412. The van der Waals surface area contributed by atoms with Gasteiger partial charge in [-0.1, -0.05) is 5.16 Å². The number of halogens is 1. The molecule has 0 aromatic carbocycles. The Labute approximate surface area is 144 Å². The quantitative estimate of drug-likeness (QED) is 0.886. The van der Waals surface area contributed by atoms with Crippen LogP contribution >= 0.6 is 0 Å². The van der Waals surface area contributed by atoms with Crippen molar-refractivity contribution in [3.8, 4) is 6.07 Å². The monoisotopic (exact) mass is 343 g/mol. The molecule has 1 amide bonds. The number of amides is 1. The molecule has 1 saturated heterocycles. The first-order chi connectivity index (χ1) is 12.0. The van der Waals surface area contributed by atoms with Crippen LogP contribution in [0.1, 0.15) is 33.9 Å². The normalized spacial score (nSPS) is 20.4. The van der Waals surface area contributed by atoms with Gasteiger partial charge in [-0.05, 0) is 25.5 Å². The second-order valence-electron chi connectivity index (χ2n) is 6.10. The second-order valence-corrected chi connectivity index (χ2v) is 6.10. The van der Waals surface area contributed by atoms with Crippen LogP contribution in [0.4, 0.5) is 4.39 Å². The Morgan fingerprint density at radius 3 is 3.04 bits per heavy atom. The molecule has 2 atom stereocenters. The van der Waals surface area contributed by atoms with Gasteiger partial charge >= 0.3 is 0 Å². The SMILES string of the molecule is Cc1cc(CN2C[C@@H](F)C[C@H]2CNC(=O)c2ccc(C#N)cn2)on1. The van der Waals surface area contributed by atoms with Crippen LogP contribution in [0.2, 0.25) is 0 Å². The minimum Gasteiger partial charge on any atom is -0.360 e. The maximum absolute atomic E-state index is 13.8. The van der Waals surface area contributed by atoms with Crippen LogP contribution in [0.25, 0.3) is 0 Å². The van der Waals surface area contributed by atoms with Gasteiger partial charge in [-0.15, -0.1) is 0 Å². The Kier molecular flexibility index (Phi) is 5.05. The first-order valence-corrected chi connectivity index (χ1v) is 8.00. The molecule has 2 aromatic heterocycles. The van der Waals surface area contributed by atoms with Gasteiger partial charge in [0.05, 0.1) is 17.8 Å². The lowest BCUT2D eigenvalue weighted by Gasteiger charge is -2.22. The van der Waals surface area contributed by atoms with Crippen molar-refractivity contribution in [3.63, 3.8) is 0 Å². The zero-order valence-corrected chi connectivity index (χ0v) is 13.8. The Bertz CT molecular complexity index is 783. The standard InChI is InChI=1S/C17H18FN5O2/c1-11-4-15(25-22-11)10-23-9-13(18)5-14(23)8-21-17(24)16-3-2-12(6-19)7-20-16/h2-4,7,13-14H,5,8-10H2,1H3,(H,21,24)/t13-,14-/m0/s1. The van der Waals surface area contributed by atoms with Crippen molar-refractivity contribution in [2.75, 3.05) is 13.1 Å². The predicted molar refractivity (Wildman–Crippen MR) is 86.2 cm³/mol. The summed E-state index contributed by atoms with van der Waals surface area (Å²) in [5.74, 6) is 0.332. The number of nitrogens with zero attached hydrogens (tertiary/aromatic N) is 4. The zero-order valence-electron chi connectivity index (χ0n) is 13.8. The maximum atomic E-state index is 13.8. The summed E-state index contributed by atoms with van der Waals surface area (Å²) in [6, 6.07) is 6.68. The third kappa shape index (κ3) is 4.19. The van der Waals surface area contributed by atoms with Crippen molar-refractivity contribution in [1.29, 1.82) is 5.26 Å². The molecule has 8 heteroatoms. The summed E-state index contributed by atoms with van der Waals surface area (Å²) in [4.78, 5) is 18.0. The molecule has 0 unspecified atom stereocenters. The number of carbonyl (C=O) groups excluding carboxylic acids is 1. The van der Waals surface area contributed by atoms with E-state index in [1.807, 2.05) is 24.0 Å².